The van der Waals surface area contributed by atoms with Crippen LogP contribution in [0.4, 0.5) is 10.5 Å². The third-order valence-electron chi connectivity index (χ3n) is 5.42. The highest BCUT2D eigenvalue weighted by Crippen LogP contribution is 2.25. The molecular formula is C26H29N5O3. The van der Waals surface area contributed by atoms with Gasteiger partial charge in [-0.3, -0.25) is 14.5 Å². The van der Waals surface area contributed by atoms with Gasteiger partial charge in [0.1, 0.15) is 5.60 Å². The van der Waals surface area contributed by atoms with Gasteiger partial charge < -0.3 is 15.0 Å². The van der Waals surface area contributed by atoms with Crippen molar-refractivity contribution in [2.45, 2.75) is 39.3 Å². The van der Waals surface area contributed by atoms with Crippen LogP contribution in [0.25, 0.3) is 17.2 Å². The van der Waals surface area contributed by atoms with Crippen molar-refractivity contribution in [2.24, 2.45) is 7.05 Å². The Labute approximate surface area is 199 Å². The molecule has 2 amide bonds. The number of aromatic nitrogens is 3. The second-order valence-corrected chi connectivity index (χ2v) is 9.32. The quantitative estimate of drug-likeness (QED) is 0.583. The van der Waals surface area contributed by atoms with Gasteiger partial charge in [-0.15, -0.1) is 0 Å². The number of pyridine rings is 1. The van der Waals surface area contributed by atoms with E-state index in [1.165, 1.54) is 11.6 Å². The van der Waals surface area contributed by atoms with E-state index in [4.69, 9.17) is 4.74 Å². The first kappa shape index (κ1) is 23.2. The number of benzene rings is 1. The molecular weight excluding hydrogens is 430 g/mol. The second kappa shape index (κ2) is 9.51. The zero-order valence-corrected chi connectivity index (χ0v) is 19.9. The number of hydrogen-bond acceptors (Lipinski definition) is 5. The molecule has 0 radical (unpaired) electrons. The van der Waals surface area contributed by atoms with E-state index in [0.29, 0.717) is 18.8 Å². The highest BCUT2D eigenvalue weighted by atomic mass is 16.6. The van der Waals surface area contributed by atoms with Crippen molar-refractivity contribution in [3.8, 4) is 11.1 Å². The SMILES string of the molecule is Cn1cc(-c2ccncc2/C=C/C(=O)Nc2ccc3c(c2)CN(C(=O)OC(C)(C)C)CC3)cn1. The van der Waals surface area contributed by atoms with Crippen LogP contribution >= 0.6 is 0 Å². The number of carbonyl (C=O) groups is 2. The van der Waals surface area contributed by atoms with Crippen LogP contribution in [0.1, 0.15) is 37.5 Å². The van der Waals surface area contributed by atoms with Crippen LogP contribution in [0.3, 0.4) is 0 Å². The minimum atomic E-state index is -0.537. The normalized spacial score (nSPS) is 13.6. The summed E-state index contributed by atoms with van der Waals surface area (Å²) in [5.41, 5.74) is 5.04. The lowest BCUT2D eigenvalue weighted by Gasteiger charge is -2.31. The molecule has 1 aliphatic heterocycles. The van der Waals surface area contributed by atoms with Gasteiger partial charge in [0.2, 0.25) is 5.91 Å². The Morgan fingerprint density at radius 1 is 1.15 bits per heavy atom. The first-order valence-corrected chi connectivity index (χ1v) is 11.2. The number of nitrogens with zero attached hydrogens (tertiary/aromatic N) is 4. The van der Waals surface area contributed by atoms with Crippen LogP contribution in [0.15, 0.2) is 55.1 Å². The van der Waals surface area contributed by atoms with E-state index >= 15 is 0 Å². The van der Waals surface area contributed by atoms with Gasteiger partial charge in [-0.25, -0.2) is 4.79 Å². The summed E-state index contributed by atoms with van der Waals surface area (Å²) >= 11 is 0. The average Bonchev–Trinajstić information content (AvgIpc) is 3.22. The summed E-state index contributed by atoms with van der Waals surface area (Å²) in [6, 6.07) is 7.71. The van der Waals surface area contributed by atoms with E-state index in [-0.39, 0.29) is 12.0 Å². The lowest BCUT2D eigenvalue weighted by Crippen LogP contribution is -2.39. The summed E-state index contributed by atoms with van der Waals surface area (Å²) in [6.45, 7) is 6.63. The molecule has 3 heterocycles. The standard InChI is InChI=1S/C26H29N5O3/c1-26(2,3)34-25(33)31-12-10-18-5-7-22(13-20(18)17-31)29-24(32)8-6-19-14-27-11-9-23(19)21-15-28-30(4)16-21/h5-9,11,13-16H,10,12,17H2,1-4H3,(H,29,32)/b8-6+. The number of amides is 2. The molecule has 1 N–H and O–H groups in total. The summed E-state index contributed by atoms with van der Waals surface area (Å²) < 4.78 is 7.23. The molecule has 1 aromatic carbocycles. The van der Waals surface area contributed by atoms with Crippen LogP contribution in [0.5, 0.6) is 0 Å². The van der Waals surface area contributed by atoms with Gasteiger partial charge in [-0.05, 0) is 68.2 Å². The molecule has 8 nitrogen and oxygen atoms in total. The summed E-state index contributed by atoms with van der Waals surface area (Å²) in [7, 11) is 1.86. The van der Waals surface area contributed by atoms with Crippen molar-refractivity contribution in [2.75, 3.05) is 11.9 Å². The lowest BCUT2D eigenvalue weighted by molar-refractivity contribution is -0.111. The van der Waals surface area contributed by atoms with E-state index in [2.05, 4.69) is 15.4 Å². The molecule has 1 aliphatic rings. The van der Waals surface area contributed by atoms with Crippen LogP contribution in [-0.4, -0.2) is 43.8 Å². The predicted octanol–water partition coefficient (Wildman–Crippen LogP) is 4.43. The fourth-order valence-corrected chi connectivity index (χ4v) is 3.83. The maximum absolute atomic E-state index is 12.6. The Hall–Kier alpha value is -3.94. The Balaban J connectivity index is 1.44. The second-order valence-electron chi connectivity index (χ2n) is 9.32. The Morgan fingerprint density at radius 3 is 2.71 bits per heavy atom. The minimum absolute atomic E-state index is 0.249. The molecule has 0 spiro atoms. The Morgan fingerprint density at radius 2 is 1.97 bits per heavy atom. The first-order valence-electron chi connectivity index (χ1n) is 11.2. The van der Waals surface area contributed by atoms with Crippen molar-refractivity contribution < 1.29 is 14.3 Å². The number of fused-ring (bicyclic) bond motifs is 1. The molecule has 0 atom stereocenters. The van der Waals surface area contributed by atoms with Gasteiger partial charge in [-0.2, -0.15) is 5.10 Å². The van der Waals surface area contributed by atoms with Gasteiger partial charge >= 0.3 is 6.09 Å². The van der Waals surface area contributed by atoms with Gasteiger partial charge in [0.05, 0.1) is 6.20 Å². The van der Waals surface area contributed by atoms with E-state index in [9.17, 15) is 9.59 Å². The average molecular weight is 460 g/mol. The number of nitrogens with one attached hydrogen (secondary N) is 1. The fraction of sp³-hybridized carbons (Fsp3) is 0.308. The molecule has 0 bridgehead atoms. The molecule has 3 aromatic rings. The van der Waals surface area contributed by atoms with E-state index in [1.54, 1.807) is 34.2 Å². The van der Waals surface area contributed by atoms with Crippen molar-refractivity contribution in [1.82, 2.24) is 19.7 Å². The molecule has 0 saturated heterocycles. The smallest absolute Gasteiger partial charge is 0.410 e. The molecule has 0 fully saturated rings. The van der Waals surface area contributed by atoms with Crippen molar-refractivity contribution >= 4 is 23.8 Å². The summed E-state index contributed by atoms with van der Waals surface area (Å²) in [5.74, 6) is -0.249. The van der Waals surface area contributed by atoms with Crippen LogP contribution in [0, 0.1) is 0 Å². The Kier molecular flexibility index (Phi) is 6.49. The van der Waals surface area contributed by atoms with E-state index in [0.717, 1.165) is 28.7 Å². The number of ether oxygens (including phenoxy) is 1. The van der Waals surface area contributed by atoms with E-state index in [1.807, 2.05) is 58.3 Å². The van der Waals surface area contributed by atoms with Gasteiger partial charge in [0.15, 0.2) is 0 Å². The zero-order chi connectivity index (χ0) is 24.3. The molecule has 4 rings (SSSR count). The maximum Gasteiger partial charge on any atom is 0.410 e. The summed E-state index contributed by atoms with van der Waals surface area (Å²) in [5, 5.41) is 7.12. The molecule has 0 saturated carbocycles. The van der Waals surface area contributed by atoms with Crippen molar-refractivity contribution in [1.29, 1.82) is 0 Å². The summed E-state index contributed by atoms with van der Waals surface area (Å²) in [4.78, 5) is 30.9. The first-order chi connectivity index (χ1) is 16.2. The third-order valence-corrected chi connectivity index (χ3v) is 5.42. The van der Waals surface area contributed by atoms with E-state index < -0.39 is 5.60 Å². The largest absolute Gasteiger partial charge is 0.444 e. The topological polar surface area (TPSA) is 89.4 Å². The van der Waals surface area contributed by atoms with Crippen molar-refractivity contribution in [3.05, 3.63) is 71.8 Å². The molecule has 0 aliphatic carbocycles. The number of anilines is 1. The van der Waals surface area contributed by atoms with Crippen LogP contribution in [0.2, 0.25) is 0 Å². The van der Waals surface area contributed by atoms with Crippen molar-refractivity contribution in [3.63, 3.8) is 0 Å². The predicted molar refractivity (Wildman–Crippen MR) is 131 cm³/mol. The monoisotopic (exact) mass is 459 g/mol. The zero-order valence-electron chi connectivity index (χ0n) is 19.9. The molecule has 8 heteroatoms. The van der Waals surface area contributed by atoms with Crippen LogP contribution in [-0.2, 0) is 29.5 Å². The number of carbonyl (C=O) groups excluding carboxylic acids is 2. The molecule has 2 aromatic heterocycles. The third kappa shape index (κ3) is 5.70. The molecule has 34 heavy (non-hydrogen) atoms. The van der Waals surface area contributed by atoms with Crippen LogP contribution < -0.4 is 5.32 Å². The number of aryl methyl sites for hydroxylation is 1. The fourth-order valence-electron chi connectivity index (χ4n) is 3.83. The summed E-state index contributed by atoms with van der Waals surface area (Å²) in [6.07, 6.45) is 10.8. The van der Waals surface area contributed by atoms with Gasteiger partial charge in [-0.1, -0.05) is 6.07 Å². The lowest BCUT2D eigenvalue weighted by atomic mass is 9.99. The van der Waals surface area contributed by atoms with Gasteiger partial charge in [0, 0.05) is 61.6 Å². The Bertz CT molecular complexity index is 1240. The number of hydrogen-bond donors (Lipinski definition) is 1. The molecule has 176 valence electrons. The van der Waals surface area contributed by atoms with Gasteiger partial charge in [0.25, 0.3) is 0 Å². The molecule has 0 unspecified atom stereocenters. The highest BCUT2D eigenvalue weighted by Gasteiger charge is 2.25. The maximum atomic E-state index is 12.6. The number of rotatable bonds is 4. The highest BCUT2D eigenvalue weighted by molar-refractivity contribution is 6.02. The minimum Gasteiger partial charge on any atom is -0.444 e.